The van der Waals surface area contributed by atoms with E-state index in [9.17, 15) is 13.2 Å². The van der Waals surface area contributed by atoms with Crippen LogP contribution in [0.3, 0.4) is 0 Å². The second-order valence-electron chi connectivity index (χ2n) is 8.31. The van der Waals surface area contributed by atoms with Gasteiger partial charge in [0.25, 0.3) is 5.91 Å². The van der Waals surface area contributed by atoms with Crippen molar-refractivity contribution in [3.8, 4) is 5.75 Å². The van der Waals surface area contributed by atoms with Crippen molar-refractivity contribution in [2.75, 3.05) is 50.9 Å². The molecule has 0 aliphatic carbocycles. The summed E-state index contributed by atoms with van der Waals surface area (Å²) in [5, 5.41) is 0. The van der Waals surface area contributed by atoms with Gasteiger partial charge in [0.15, 0.2) is 0 Å². The summed E-state index contributed by atoms with van der Waals surface area (Å²) < 4.78 is 38.3. The number of benzene rings is 1. The quantitative estimate of drug-likeness (QED) is 0.710. The van der Waals surface area contributed by atoms with Gasteiger partial charge in [-0.25, -0.2) is 8.42 Å². The number of hydrogen-bond acceptors (Lipinski definition) is 6. The molecule has 1 aliphatic rings. The average molecular weight is 456 g/mol. The van der Waals surface area contributed by atoms with Gasteiger partial charge in [-0.2, -0.15) is 0 Å². The lowest BCUT2D eigenvalue weighted by molar-refractivity contribution is 0.0108. The molecule has 31 heavy (non-hydrogen) atoms. The van der Waals surface area contributed by atoms with E-state index in [1.807, 2.05) is 0 Å². The Labute approximate surface area is 186 Å². The molecule has 0 radical (unpaired) electrons. The predicted octanol–water partition coefficient (Wildman–Crippen LogP) is 2.66. The van der Waals surface area contributed by atoms with Crippen molar-refractivity contribution in [1.29, 1.82) is 0 Å². The van der Waals surface area contributed by atoms with Crippen molar-refractivity contribution >= 4 is 21.6 Å². The fourth-order valence-corrected chi connectivity index (χ4v) is 4.40. The van der Waals surface area contributed by atoms with Gasteiger partial charge in [-0.1, -0.05) is 13.8 Å². The molecule has 0 aromatic heterocycles. The molecule has 1 aromatic rings. The largest absolute Gasteiger partial charge is 0.491 e. The molecule has 1 amide bonds. The molecular weight excluding hydrogens is 418 g/mol. The highest BCUT2D eigenvalue weighted by atomic mass is 32.2. The topological polar surface area (TPSA) is 88.2 Å². The highest BCUT2D eigenvalue weighted by molar-refractivity contribution is 7.92. The van der Waals surface area contributed by atoms with Crippen LogP contribution in [0.15, 0.2) is 18.2 Å². The summed E-state index contributed by atoms with van der Waals surface area (Å²) in [7, 11) is -0.0525. The zero-order valence-corrected chi connectivity index (χ0v) is 20.4. The van der Waals surface area contributed by atoms with Gasteiger partial charge in [0.2, 0.25) is 10.0 Å². The second kappa shape index (κ2) is 11.2. The molecule has 0 fully saturated rings. The van der Waals surface area contributed by atoms with Crippen molar-refractivity contribution in [2.24, 2.45) is 5.92 Å². The maximum Gasteiger partial charge on any atom is 0.257 e. The average Bonchev–Trinajstić information content (AvgIpc) is 2.74. The predicted molar refractivity (Wildman–Crippen MR) is 123 cm³/mol. The molecule has 3 atom stereocenters. The lowest BCUT2D eigenvalue weighted by Gasteiger charge is -2.35. The van der Waals surface area contributed by atoms with Gasteiger partial charge >= 0.3 is 0 Å². The first-order chi connectivity index (χ1) is 14.6. The van der Waals surface area contributed by atoms with Gasteiger partial charge in [-0.3, -0.25) is 14.4 Å². The van der Waals surface area contributed by atoms with Gasteiger partial charge in [-0.15, -0.1) is 0 Å². The van der Waals surface area contributed by atoms with Crippen LogP contribution in [0.1, 0.15) is 44.5 Å². The van der Waals surface area contributed by atoms with Crippen molar-refractivity contribution in [3.05, 3.63) is 23.8 Å². The van der Waals surface area contributed by atoms with E-state index in [-0.39, 0.29) is 29.7 Å². The fourth-order valence-electron chi connectivity index (χ4n) is 3.77. The molecule has 8 nitrogen and oxygen atoms in total. The number of amides is 1. The fraction of sp³-hybridized carbons (Fsp3) is 0.682. The van der Waals surface area contributed by atoms with Gasteiger partial charge in [0.1, 0.15) is 12.4 Å². The number of methoxy groups -OCH3 is 1. The zero-order chi connectivity index (χ0) is 23.2. The minimum Gasteiger partial charge on any atom is -0.491 e. The first kappa shape index (κ1) is 25.4. The normalized spacial score (nSPS) is 24.0. The number of nitrogens with zero attached hydrogens (tertiary/aromatic N) is 2. The van der Waals surface area contributed by atoms with E-state index >= 15 is 0 Å². The Hall–Kier alpha value is -1.84. The molecule has 1 heterocycles. The van der Waals surface area contributed by atoms with Crippen LogP contribution in [0.25, 0.3) is 0 Å². The van der Waals surface area contributed by atoms with Crippen LogP contribution < -0.4 is 9.46 Å². The molecule has 0 saturated heterocycles. The Morgan fingerprint density at radius 2 is 1.94 bits per heavy atom. The number of carbonyl (C=O) groups is 1. The number of carbonyl (C=O) groups excluding carboxylic acids is 1. The summed E-state index contributed by atoms with van der Waals surface area (Å²) >= 11 is 0. The molecule has 0 unspecified atom stereocenters. The smallest absolute Gasteiger partial charge is 0.257 e. The summed E-state index contributed by atoms with van der Waals surface area (Å²) in [6.45, 7) is 10.6. The molecule has 1 aromatic carbocycles. The third-order valence-electron chi connectivity index (χ3n) is 5.74. The Kier molecular flexibility index (Phi) is 9.14. The summed E-state index contributed by atoms with van der Waals surface area (Å²) in [6.07, 6.45) is 0.913. The van der Waals surface area contributed by atoms with E-state index in [1.54, 1.807) is 44.2 Å². The van der Waals surface area contributed by atoms with Crippen molar-refractivity contribution < 1.29 is 22.7 Å². The Morgan fingerprint density at radius 3 is 2.55 bits per heavy atom. The van der Waals surface area contributed by atoms with Gasteiger partial charge < -0.3 is 14.4 Å². The monoisotopic (exact) mass is 455 g/mol. The van der Waals surface area contributed by atoms with Gasteiger partial charge in [0.05, 0.1) is 17.4 Å². The van der Waals surface area contributed by atoms with Crippen LogP contribution in [-0.2, 0) is 14.8 Å². The van der Waals surface area contributed by atoms with Crippen LogP contribution in [0.4, 0.5) is 5.69 Å². The minimum atomic E-state index is -3.45. The number of fused-ring (bicyclic) bond motifs is 1. The van der Waals surface area contributed by atoms with Crippen molar-refractivity contribution in [3.63, 3.8) is 0 Å². The number of ether oxygens (including phenoxy) is 2. The first-order valence-corrected chi connectivity index (χ1v) is 12.6. The molecule has 2 rings (SSSR count). The molecular formula is C22H37N3O5S. The molecule has 0 bridgehead atoms. The number of nitrogens with one attached hydrogen (secondary N) is 1. The summed E-state index contributed by atoms with van der Waals surface area (Å²) in [6, 6.07) is 4.98. The molecule has 9 heteroatoms. The van der Waals surface area contributed by atoms with E-state index in [0.29, 0.717) is 30.2 Å². The summed E-state index contributed by atoms with van der Waals surface area (Å²) in [4.78, 5) is 17.3. The van der Waals surface area contributed by atoms with Crippen molar-refractivity contribution in [2.45, 2.75) is 46.3 Å². The third kappa shape index (κ3) is 6.82. The van der Waals surface area contributed by atoms with Gasteiger partial charge in [0, 0.05) is 39.0 Å². The van der Waals surface area contributed by atoms with E-state index in [1.165, 1.54) is 0 Å². The molecule has 0 saturated carbocycles. The van der Waals surface area contributed by atoms with Crippen LogP contribution in [0.2, 0.25) is 0 Å². The maximum atomic E-state index is 13.3. The molecule has 1 aliphatic heterocycles. The highest BCUT2D eigenvalue weighted by Gasteiger charge is 2.28. The Balaban J connectivity index is 2.44. The summed E-state index contributed by atoms with van der Waals surface area (Å²) in [5.41, 5.74) is 0.673. The zero-order valence-electron chi connectivity index (χ0n) is 19.6. The van der Waals surface area contributed by atoms with Crippen LogP contribution in [0.5, 0.6) is 5.75 Å². The lowest BCUT2D eigenvalue weighted by Crippen LogP contribution is -2.46. The van der Waals surface area contributed by atoms with Crippen LogP contribution >= 0.6 is 0 Å². The van der Waals surface area contributed by atoms with Crippen LogP contribution in [-0.4, -0.2) is 82.4 Å². The lowest BCUT2D eigenvalue weighted by atomic mass is 10.0. The number of likely N-dealkylation sites (N-methyl/N-ethyl adjacent to an activating group) is 1. The van der Waals surface area contributed by atoms with Crippen molar-refractivity contribution in [1.82, 2.24) is 9.80 Å². The SMILES string of the molecule is CCCN1C[C@H](C)[C@H](OC)CN(C)C(=O)c2cc(NS(=O)(=O)CC)ccc2OC[C@@H]1C. The number of rotatable bonds is 6. The highest BCUT2D eigenvalue weighted by Crippen LogP contribution is 2.27. The standard InChI is InChI=1S/C22H37N3O5S/c1-7-11-25-13-16(3)21(29-6)14-24(5)22(26)19-12-18(23-31(27,28)8-2)9-10-20(19)30-15-17(25)4/h9-10,12,16-17,21,23H,7-8,11,13-15H2,1-6H3/t16-,17-,21+/m0/s1. The first-order valence-electron chi connectivity index (χ1n) is 10.9. The van der Waals surface area contributed by atoms with E-state index in [0.717, 1.165) is 19.5 Å². The molecule has 176 valence electrons. The number of anilines is 1. The van der Waals surface area contributed by atoms with Gasteiger partial charge in [-0.05, 0) is 50.9 Å². The third-order valence-corrected chi connectivity index (χ3v) is 7.04. The van der Waals surface area contributed by atoms with E-state index in [2.05, 4.69) is 30.4 Å². The van der Waals surface area contributed by atoms with E-state index < -0.39 is 10.0 Å². The molecule has 0 spiro atoms. The minimum absolute atomic E-state index is 0.0490. The molecule has 1 N–H and O–H groups in total. The Bertz CT molecular complexity index is 846. The summed E-state index contributed by atoms with van der Waals surface area (Å²) in [5.74, 6) is 0.380. The maximum absolute atomic E-state index is 13.3. The Morgan fingerprint density at radius 1 is 1.23 bits per heavy atom. The second-order valence-corrected chi connectivity index (χ2v) is 10.3. The van der Waals surface area contributed by atoms with Crippen LogP contribution in [0, 0.1) is 5.92 Å². The van der Waals surface area contributed by atoms with E-state index in [4.69, 9.17) is 9.47 Å². The number of hydrogen-bond donors (Lipinski definition) is 1. The number of sulfonamides is 1.